The summed E-state index contributed by atoms with van der Waals surface area (Å²) in [6.07, 6.45) is 4.79. The zero-order valence-electron chi connectivity index (χ0n) is 19.4. The molecular formula is C26H28ClNO5. The zero-order chi connectivity index (χ0) is 23.8. The van der Waals surface area contributed by atoms with E-state index in [4.69, 9.17) is 25.8 Å². The number of carbonyl (C=O) groups is 2. The van der Waals surface area contributed by atoms with Crippen LogP contribution in [0.4, 0.5) is 0 Å². The molecular weight excluding hydrogens is 442 g/mol. The third-order valence-corrected chi connectivity index (χ3v) is 7.14. The summed E-state index contributed by atoms with van der Waals surface area (Å²) in [4.78, 5) is 27.6. The number of carbonyl (C=O) groups excluding carboxylic acids is 2. The largest absolute Gasteiger partial charge is 0.497 e. The third kappa shape index (κ3) is 4.44. The average Bonchev–Trinajstić information content (AvgIpc) is 2.80. The fourth-order valence-corrected chi connectivity index (χ4v) is 4.80. The van der Waals surface area contributed by atoms with Crippen molar-refractivity contribution < 1.29 is 23.8 Å². The lowest BCUT2D eigenvalue weighted by Gasteiger charge is -2.44. The van der Waals surface area contributed by atoms with Gasteiger partial charge in [0.1, 0.15) is 22.8 Å². The van der Waals surface area contributed by atoms with E-state index in [1.807, 2.05) is 32.0 Å². The van der Waals surface area contributed by atoms with Gasteiger partial charge >= 0.3 is 0 Å². The van der Waals surface area contributed by atoms with Gasteiger partial charge in [0, 0.05) is 42.6 Å². The number of Topliss-reactive ketones (excluding diaryl/α,β-unsaturated/α-hetero) is 1. The monoisotopic (exact) mass is 469 g/mol. The van der Waals surface area contributed by atoms with E-state index in [9.17, 15) is 9.59 Å². The van der Waals surface area contributed by atoms with E-state index < -0.39 is 5.60 Å². The van der Waals surface area contributed by atoms with Crippen molar-refractivity contribution in [2.45, 2.75) is 38.7 Å². The molecule has 0 radical (unpaired) electrons. The molecule has 2 heterocycles. The molecule has 33 heavy (non-hydrogen) atoms. The highest BCUT2D eigenvalue weighted by Crippen LogP contribution is 2.43. The van der Waals surface area contributed by atoms with Gasteiger partial charge in [0.05, 0.1) is 26.2 Å². The highest BCUT2D eigenvalue weighted by atomic mass is 35.5. The number of halogens is 1. The molecule has 0 atom stereocenters. The molecule has 6 nitrogen and oxygen atoms in total. The number of ether oxygens (including phenoxy) is 3. The number of nitrogens with zero attached hydrogens (tertiary/aromatic N) is 1. The van der Waals surface area contributed by atoms with Crippen molar-refractivity contribution >= 4 is 29.4 Å². The molecule has 1 saturated heterocycles. The van der Waals surface area contributed by atoms with Gasteiger partial charge in [-0.05, 0) is 55.3 Å². The molecule has 2 aromatic rings. The minimum absolute atomic E-state index is 0.0560. The molecule has 7 heteroatoms. The number of likely N-dealkylation sites (tertiary alicyclic amines) is 1. The first-order valence-corrected chi connectivity index (χ1v) is 11.4. The van der Waals surface area contributed by atoms with Gasteiger partial charge in [-0.1, -0.05) is 11.6 Å². The maximum absolute atomic E-state index is 13.0. The van der Waals surface area contributed by atoms with Crippen LogP contribution in [-0.4, -0.2) is 49.5 Å². The van der Waals surface area contributed by atoms with Crippen molar-refractivity contribution in [1.29, 1.82) is 0 Å². The van der Waals surface area contributed by atoms with E-state index in [1.54, 1.807) is 37.3 Å². The summed E-state index contributed by atoms with van der Waals surface area (Å²) in [5, 5.41) is 0.613. The van der Waals surface area contributed by atoms with Crippen LogP contribution in [0.1, 0.15) is 46.3 Å². The Labute approximate surface area is 199 Å². The zero-order valence-corrected chi connectivity index (χ0v) is 20.1. The summed E-state index contributed by atoms with van der Waals surface area (Å²) < 4.78 is 17.0. The number of amides is 1. The lowest BCUT2D eigenvalue weighted by atomic mass is 9.81. The molecule has 2 aromatic carbocycles. The summed E-state index contributed by atoms with van der Waals surface area (Å²) in [6, 6.07) is 7.29. The summed E-state index contributed by atoms with van der Waals surface area (Å²) in [5.74, 6) is 1.93. The quantitative estimate of drug-likeness (QED) is 0.588. The number of hydrogen-bond donors (Lipinski definition) is 0. The highest BCUT2D eigenvalue weighted by Gasteiger charge is 2.44. The molecule has 0 unspecified atom stereocenters. The van der Waals surface area contributed by atoms with Crippen LogP contribution >= 0.6 is 11.6 Å². The minimum atomic E-state index is -0.576. The summed E-state index contributed by atoms with van der Waals surface area (Å²) in [5.41, 5.74) is 2.44. The molecule has 0 saturated carbocycles. The van der Waals surface area contributed by atoms with Gasteiger partial charge < -0.3 is 19.1 Å². The van der Waals surface area contributed by atoms with Gasteiger partial charge in [-0.15, -0.1) is 0 Å². The molecule has 4 rings (SSSR count). The first-order chi connectivity index (χ1) is 15.8. The average molecular weight is 470 g/mol. The number of piperidine rings is 1. The lowest BCUT2D eigenvalue weighted by Crippen LogP contribution is -2.52. The van der Waals surface area contributed by atoms with Crippen LogP contribution in [-0.2, 0) is 4.79 Å². The highest BCUT2D eigenvalue weighted by molar-refractivity contribution is 6.32. The fraction of sp³-hybridized carbons (Fsp3) is 0.385. The molecule has 1 spiro atoms. The number of rotatable bonds is 4. The topological polar surface area (TPSA) is 65.1 Å². The van der Waals surface area contributed by atoms with E-state index in [2.05, 4.69) is 0 Å². The van der Waals surface area contributed by atoms with E-state index in [0.717, 1.165) is 16.7 Å². The molecule has 0 aromatic heterocycles. The smallest absolute Gasteiger partial charge is 0.246 e. The summed E-state index contributed by atoms with van der Waals surface area (Å²) in [6.45, 7) is 4.81. The van der Waals surface area contributed by atoms with Crippen LogP contribution < -0.4 is 14.2 Å². The maximum Gasteiger partial charge on any atom is 0.246 e. The Kier molecular flexibility index (Phi) is 6.39. The van der Waals surface area contributed by atoms with E-state index in [1.165, 1.54) is 0 Å². The molecule has 174 valence electrons. The van der Waals surface area contributed by atoms with E-state index in [-0.39, 0.29) is 11.7 Å². The third-order valence-electron chi connectivity index (χ3n) is 6.56. The van der Waals surface area contributed by atoms with Gasteiger partial charge in [0.2, 0.25) is 5.91 Å². The van der Waals surface area contributed by atoms with Gasteiger partial charge in [0.15, 0.2) is 5.78 Å². The Morgan fingerprint density at radius 1 is 1.15 bits per heavy atom. The summed E-state index contributed by atoms with van der Waals surface area (Å²) in [7, 11) is 3.18. The predicted octanol–water partition coefficient (Wildman–Crippen LogP) is 5.01. The van der Waals surface area contributed by atoms with Crippen molar-refractivity contribution in [2.75, 3.05) is 27.3 Å². The number of hydrogen-bond acceptors (Lipinski definition) is 5. The predicted molar refractivity (Wildman–Crippen MR) is 128 cm³/mol. The molecule has 0 bridgehead atoms. The minimum Gasteiger partial charge on any atom is -0.497 e. The van der Waals surface area contributed by atoms with Crippen LogP contribution in [0, 0.1) is 13.8 Å². The molecule has 1 fully saturated rings. The molecule has 0 aliphatic carbocycles. The first-order valence-electron chi connectivity index (χ1n) is 11.0. The normalized spacial score (nSPS) is 17.1. The number of methoxy groups -OCH3 is 2. The lowest BCUT2D eigenvalue weighted by molar-refractivity contribution is -0.129. The van der Waals surface area contributed by atoms with Gasteiger partial charge in [-0.3, -0.25) is 9.59 Å². The fourth-order valence-electron chi connectivity index (χ4n) is 4.65. The summed E-state index contributed by atoms with van der Waals surface area (Å²) >= 11 is 6.35. The van der Waals surface area contributed by atoms with Gasteiger partial charge in [-0.2, -0.15) is 0 Å². The molecule has 2 aliphatic heterocycles. The van der Waals surface area contributed by atoms with Crippen LogP contribution in [0.2, 0.25) is 5.02 Å². The van der Waals surface area contributed by atoms with Crippen LogP contribution in [0.5, 0.6) is 17.2 Å². The van der Waals surface area contributed by atoms with Crippen molar-refractivity contribution in [3.05, 3.63) is 57.6 Å². The second kappa shape index (κ2) is 9.10. The van der Waals surface area contributed by atoms with Crippen molar-refractivity contribution in [2.24, 2.45) is 0 Å². The standard InChI is InChI=1S/C26H28ClNO5/c1-16-13-22-24(17(2)25(16)27)20(29)15-26(33-22)9-11-28(12-10-26)23(30)8-5-18-14-19(31-3)6-7-21(18)32-4/h5-8,13-14H,9-12,15H2,1-4H3/b8-5+. The van der Waals surface area contributed by atoms with Crippen LogP contribution in [0.25, 0.3) is 6.08 Å². The van der Waals surface area contributed by atoms with Gasteiger partial charge in [-0.25, -0.2) is 0 Å². The number of fused-ring (bicyclic) bond motifs is 1. The molecule has 1 amide bonds. The Morgan fingerprint density at radius 2 is 1.88 bits per heavy atom. The van der Waals surface area contributed by atoms with Crippen molar-refractivity contribution in [1.82, 2.24) is 4.90 Å². The number of benzene rings is 2. The first kappa shape index (κ1) is 23.2. The Morgan fingerprint density at radius 3 is 2.55 bits per heavy atom. The van der Waals surface area contributed by atoms with E-state index in [0.29, 0.717) is 60.2 Å². The Hall–Kier alpha value is -2.99. The number of aryl methyl sites for hydroxylation is 1. The SMILES string of the molecule is COc1ccc(OC)c(/C=C/C(=O)N2CCC3(CC2)CC(=O)c2c(cc(C)c(Cl)c2C)O3)c1. The molecule has 0 N–H and O–H groups in total. The van der Waals surface area contributed by atoms with Crippen molar-refractivity contribution in [3.63, 3.8) is 0 Å². The van der Waals surface area contributed by atoms with E-state index >= 15 is 0 Å². The van der Waals surface area contributed by atoms with Gasteiger partial charge in [0.25, 0.3) is 0 Å². The molecule has 2 aliphatic rings. The van der Waals surface area contributed by atoms with Crippen LogP contribution in [0.3, 0.4) is 0 Å². The number of ketones is 1. The maximum atomic E-state index is 13.0. The second-order valence-electron chi connectivity index (χ2n) is 8.66. The van der Waals surface area contributed by atoms with Crippen LogP contribution in [0.15, 0.2) is 30.3 Å². The van der Waals surface area contributed by atoms with Crippen molar-refractivity contribution in [3.8, 4) is 17.2 Å². The second-order valence-corrected chi connectivity index (χ2v) is 9.04. The Balaban J connectivity index is 1.46. The Bertz CT molecular complexity index is 1130.